The first-order valence-corrected chi connectivity index (χ1v) is 14.3. The number of methoxy groups -OCH3 is 1. The second-order valence-corrected chi connectivity index (χ2v) is 12.8. The van der Waals surface area contributed by atoms with Gasteiger partial charge in [0.2, 0.25) is 5.91 Å². The molecule has 0 saturated carbocycles. The summed E-state index contributed by atoms with van der Waals surface area (Å²) in [6.07, 6.45) is 1.27. The number of carbonyl (C=O) groups excluding carboxylic acids is 3. The largest absolute Gasteiger partial charge is 0.465 e. The van der Waals surface area contributed by atoms with Gasteiger partial charge in [0.15, 0.2) is 6.10 Å². The Bertz CT molecular complexity index is 1480. The lowest BCUT2D eigenvalue weighted by molar-refractivity contribution is -0.126. The molecular formula is C31H31FN2O5S. The molecule has 1 aromatic heterocycles. The molecule has 7 nitrogen and oxygen atoms in total. The highest BCUT2D eigenvalue weighted by Crippen LogP contribution is 2.51. The molecule has 3 aliphatic rings. The molecule has 4 atom stereocenters. The van der Waals surface area contributed by atoms with E-state index in [2.05, 4.69) is 20.8 Å². The van der Waals surface area contributed by atoms with Crippen LogP contribution in [0.5, 0.6) is 0 Å². The highest BCUT2D eigenvalue weighted by molar-refractivity contribution is 7.17. The van der Waals surface area contributed by atoms with Gasteiger partial charge in [0.25, 0.3) is 5.91 Å². The first-order chi connectivity index (χ1) is 19.1. The van der Waals surface area contributed by atoms with Crippen LogP contribution in [-0.2, 0) is 32.0 Å². The second kappa shape index (κ2) is 9.82. The van der Waals surface area contributed by atoms with Crippen LogP contribution in [0.4, 0.5) is 15.1 Å². The molecule has 0 unspecified atom stereocenters. The number of benzene rings is 2. The average molecular weight is 563 g/mol. The van der Waals surface area contributed by atoms with Crippen LogP contribution in [0.3, 0.4) is 0 Å². The molecule has 0 bridgehead atoms. The molecule has 6 rings (SSSR count). The highest BCUT2D eigenvalue weighted by Gasteiger charge is 2.61. The summed E-state index contributed by atoms with van der Waals surface area (Å²) in [6.45, 7) is 6.62. The van der Waals surface area contributed by atoms with Gasteiger partial charge in [-0.25, -0.2) is 19.1 Å². The lowest BCUT2D eigenvalue weighted by Crippen LogP contribution is -2.37. The van der Waals surface area contributed by atoms with Crippen molar-refractivity contribution in [1.82, 2.24) is 0 Å². The van der Waals surface area contributed by atoms with Crippen molar-refractivity contribution in [3.8, 4) is 0 Å². The number of nitrogens with zero attached hydrogens (tertiary/aromatic N) is 2. The molecule has 40 heavy (non-hydrogen) atoms. The molecule has 1 aliphatic carbocycles. The number of thiophene rings is 1. The second-order valence-electron chi connectivity index (χ2n) is 11.7. The van der Waals surface area contributed by atoms with Crippen LogP contribution < -0.4 is 9.96 Å². The Kier molecular flexibility index (Phi) is 6.54. The molecule has 2 amide bonds. The molecular weight excluding hydrogens is 531 g/mol. The monoisotopic (exact) mass is 562 g/mol. The van der Waals surface area contributed by atoms with E-state index < -0.39 is 41.7 Å². The number of hydrogen-bond acceptors (Lipinski definition) is 7. The van der Waals surface area contributed by atoms with Gasteiger partial charge in [-0.15, -0.1) is 11.3 Å². The summed E-state index contributed by atoms with van der Waals surface area (Å²) < 4.78 is 19.0. The van der Waals surface area contributed by atoms with Crippen LogP contribution >= 0.6 is 11.3 Å². The van der Waals surface area contributed by atoms with Gasteiger partial charge in [0.05, 0.1) is 24.4 Å². The Morgan fingerprint density at radius 2 is 1.75 bits per heavy atom. The average Bonchev–Trinajstić information content (AvgIpc) is 3.58. The van der Waals surface area contributed by atoms with Gasteiger partial charge in [-0.1, -0.05) is 51.1 Å². The molecule has 2 saturated heterocycles. The van der Waals surface area contributed by atoms with Gasteiger partial charge in [0, 0.05) is 4.88 Å². The number of anilines is 2. The maximum absolute atomic E-state index is 14.2. The number of esters is 1. The van der Waals surface area contributed by atoms with Crippen LogP contribution in [0.2, 0.25) is 0 Å². The Balaban J connectivity index is 1.43. The summed E-state index contributed by atoms with van der Waals surface area (Å²) in [4.78, 5) is 49.6. The minimum absolute atomic E-state index is 0.0840. The fourth-order valence-corrected chi connectivity index (χ4v) is 7.62. The van der Waals surface area contributed by atoms with Gasteiger partial charge in [0.1, 0.15) is 16.7 Å². The molecule has 208 valence electrons. The van der Waals surface area contributed by atoms with Crippen molar-refractivity contribution in [3.05, 3.63) is 82.0 Å². The van der Waals surface area contributed by atoms with Gasteiger partial charge in [-0.2, -0.15) is 0 Å². The van der Waals surface area contributed by atoms with Crippen molar-refractivity contribution in [2.45, 2.75) is 52.2 Å². The third kappa shape index (κ3) is 4.23. The number of carbonyl (C=O) groups is 3. The van der Waals surface area contributed by atoms with Crippen molar-refractivity contribution in [3.63, 3.8) is 0 Å². The zero-order chi connectivity index (χ0) is 28.3. The summed E-state index contributed by atoms with van der Waals surface area (Å²) >= 11 is 1.33. The Labute approximate surface area is 236 Å². The van der Waals surface area contributed by atoms with Crippen molar-refractivity contribution in [2.24, 2.45) is 17.3 Å². The van der Waals surface area contributed by atoms with E-state index in [0.717, 1.165) is 28.2 Å². The zero-order valence-electron chi connectivity index (χ0n) is 22.8. The predicted octanol–water partition coefficient (Wildman–Crippen LogP) is 5.88. The molecule has 0 spiro atoms. The summed E-state index contributed by atoms with van der Waals surface area (Å²) in [5.41, 5.74) is 2.57. The van der Waals surface area contributed by atoms with E-state index in [1.165, 1.54) is 30.6 Å². The van der Waals surface area contributed by atoms with Crippen LogP contribution in [-0.4, -0.2) is 31.0 Å². The van der Waals surface area contributed by atoms with Crippen LogP contribution in [0.25, 0.3) is 0 Å². The van der Waals surface area contributed by atoms with Crippen molar-refractivity contribution in [2.75, 3.05) is 17.1 Å². The smallest absolute Gasteiger partial charge is 0.341 e. The van der Waals surface area contributed by atoms with E-state index in [4.69, 9.17) is 9.57 Å². The summed E-state index contributed by atoms with van der Waals surface area (Å²) in [7, 11) is 1.31. The maximum atomic E-state index is 14.2. The Morgan fingerprint density at radius 1 is 1.05 bits per heavy atom. The first kappa shape index (κ1) is 26.7. The Morgan fingerprint density at radius 3 is 2.40 bits per heavy atom. The fourth-order valence-electron chi connectivity index (χ4n) is 6.19. The minimum atomic E-state index is -1.09. The third-order valence-electron chi connectivity index (χ3n) is 8.40. The van der Waals surface area contributed by atoms with Crippen LogP contribution in [0.1, 0.15) is 59.6 Å². The molecule has 3 heterocycles. The number of halogens is 1. The standard InChI is InChI=1S/C31H31FN2O5S/c1-31(2,3)18-12-15-21-22(16-18)40-29(23(21)30(37)38-4)33-27(35)24-25(17-10-13-19(32)14-11-17)34(39-26(24)28(33)36)20-8-6-5-7-9-20/h5-11,13-14,18,24-26H,12,15-16H2,1-4H3/t18-,24-,25+,26+/m1/s1. The van der Waals surface area contributed by atoms with Crippen molar-refractivity contribution in [1.29, 1.82) is 0 Å². The normalized spacial score (nSPS) is 24.3. The van der Waals surface area contributed by atoms with Gasteiger partial charge in [-0.3, -0.25) is 14.4 Å². The predicted molar refractivity (Wildman–Crippen MR) is 150 cm³/mol. The van der Waals surface area contributed by atoms with Gasteiger partial charge >= 0.3 is 5.97 Å². The SMILES string of the molecule is COC(=O)c1c(N2C(=O)[C@H]3[C@H](ON(c4ccccc4)[C@H]3c3ccc(F)cc3)C2=O)sc2c1CC[C@@H](C(C)(C)C)C2. The molecule has 0 N–H and O–H groups in total. The molecule has 0 radical (unpaired) electrons. The van der Waals surface area contributed by atoms with Crippen LogP contribution in [0, 0.1) is 23.1 Å². The molecule has 3 aromatic rings. The number of fused-ring (bicyclic) bond motifs is 2. The summed E-state index contributed by atoms with van der Waals surface area (Å²) in [5.74, 6) is -2.39. The molecule has 9 heteroatoms. The Hall–Kier alpha value is -3.56. The quantitative estimate of drug-likeness (QED) is 0.292. The number of rotatable bonds is 4. The topological polar surface area (TPSA) is 76.2 Å². The number of imide groups is 1. The zero-order valence-corrected chi connectivity index (χ0v) is 23.7. The van der Waals surface area contributed by atoms with Gasteiger partial charge < -0.3 is 4.74 Å². The lowest BCUT2D eigenvalue weighted by Gasteiger charge is -2.33. The summed E-state index contributed by atoms with van der Waals surface area (Å²) in [6, 6.07) is 14.4. The lowest BCUT2D eigenvalue weighted by atomic mass is 9.72. The number of hydroxylamine groups is 1. The first-order valence-electron chi connectivity index (χ1n) is 13.5. The van der Waals surface area contributed by atoms with E-state index in [0.29, 0.717) is 34.2 Å². The van der Waals surface area contributed by atoms with E-state index in [9.17, 15) is 18.8 Å². The fraction of sp³-hybridized carbons (Fsp3) is 0.387. The molecule has 2 aromatic carbocycles. The van der Waals surface area contributed by atoms with Crippen molar-refractivity contribution < 1.29 is 28.3 Å². The van der Waals surface area contributed by atoms with E-state index >= 15 is 0 Å². The minimum Gasteiger partial charge on any atom is -0.465 e. The molecule has 2 fully saturated rings. The third-order valence-corrected chi connectivity index (χ3v) is 9.64. The van der Waals surface area contributed by atoms with E-state index in [1.807, 2.05) is 30.3 Å². The summed E-state index contributed by atoms with van der Waals surface area (Å²) in [5, 5.41) is 1.88. The van der Waals surface area contributed by atoms with E-state index in [1.54, 1.807) is 17.2 Å². The number of ether oxygens (including phenoxy) is 1. The maximum Gasteiger partial charge on any atom is 0.341 e. The highest BCUT2D eigenvalue weighted by atomic mass is 32.1. The van der Waals surface area contributed by atoms with Crippen LogP contribution in [0.15, 0.2) is 54.6 Å². The van der Waals surface area contributed by atoms with E-state index in [-0.39, 0.29) is 5.41 Å². The van der Waals surface area contributed by atoms with Gasteiger partial charge in [-0.05, 0) is 66.0 Å². The van der Waals surface area contributed by atoms with Crippen molar-refractivity contribution >= 4 is 39.8 Å². The number of hydrogen-bond donors (Lipinski definition) is 0. The molecule has 2 aliphatic heterocycles. The number of amides is 2. The number of para-hydroxylation sites is 1.